The molecule has 0 aliphatic carbocycles. The van der Waals surface area contributed by atoms with E-state index in [1.165, 1.54) is 13.8 Å². The highest BCUT2D eigenvalue weighted by Crippen LogP contribution is 2.36. The number of carbonyl (C=O) groups excluding carboxylic acids is 1. The number of carbonyl (C=O) groups is 1. The maximum absolute atomic E-state index is 12.9. The van der Waals surface area contributed by atoms with Crippen LogP contribution in [0.5, 0.6) is 0 Å². The molecule has 0 fully saturated rings. The normalized spacial score (nSPS) is 13.2. The van der Waals surface area contributed by atoms with Gasteiger partial charge in [-0.05, 0) is 20.8 Å². The first kappa shape index (κ1) is 18.3. The lowest BCUT2D eigenvalue weighted by Crippen LogP contribution is -2.31. The Labute approximate surface area is 141 Å². The molecule has 0 radical (unpaired) electrons. The van der Waals surface area contributed by atoms with Gasteiger partial charge in [-0.1, -0.05) is 11.6 Å². The van der Waals surface area contributed by atoms with E-state index >= 15 is 0 Å². The number of aromatic nitrogens is 4. The number of halogens is 4. The summed E-state index contributed by atoms with van der Waals surface area (Å²) in [5.41, 5.74) is 0.610. The van der Waals surface area contributed by atoms with Crippen molar-refractivity contribution in [2.75, 3.05) is 0 Å². The third-order valence-electron chi connectivity index (χ3n) is 3.88. The lowest BCUT2D eigenvalue weighted by molar-refractivity contribution is -0.141. The molecule has 24 heavy (non-hydrogen) atoms. The van der Waals surface area contributed by atoms with Crippen LogP contribution in [0.3, 0.4) is 0 Å². The second-order valence-corrected chi connectivity index (χ2v) is 5.84. The van der Waals surface area contributed by atoms with Crippen LogP contribution in [-0.4, -0.2) is 25.5 Å². The Bertz CT molecular complexity index is 765. The van der Waals surface area contributed by atoms with E-state index in [0.29, 0.717) is 0 Å². The number of hydrogen-bond donors (Lipinski definition) is 1. The third-order valence-corrected chi connectivity index (χ3v) is 4.33. The molecule has 2 aromatic rings. The van der Waals surface area contributed by atoms with Crippen LogP contribution < -0.4 is 5.32 Å². The molecule has 0 saturated carbocycles. The molecule has 1 atom stereocenters. The minimum Gasteiger partial charge on any atom is -0.350 e. The quantitative estimate of drug-likeness (QED) is 0.908. The fourth-order valence-corrected chi connectivity index (χ4v) is 2.45. The van der Waals surface area contributed by atoms with E-state index in [0.717, 1.165) is 15.9 Å². The van der Waals surface area contributed by atoms with Crippen molar-refractivity contribution >= 4 is 17.5 Å². The number of nitrogens with zero attached hydrogens (tertiary/aromatic N) is 4. The molecule has 1 amide bonds. The van der Waals surface area contributed by atoms with Gasteiger partial charge in [0.15, 0.2) is 5.69 Å². The molecule has 2 heterocycles. The minimum absolute atomic E-state index is 0.0872. The molecule has 1 N–H and O–H groups in total. The topological polar surface area (TPSA) is 64.7 Å². The average Bonchev–Trinajstić information content (AvgIpc) is 2.97. The van der Waals surface area contributed by atoms with Gasteiger partial charge in [0.1, 0.15) is 6.04 Å². The maximum Gasteiger partial charge on any atom is 0.436 e. The summed E-state index contributed by atoms with van der Waals surface area (Å²) in [6.07, 6.45) is -3.05. The fraction of sp³-hybridized carbons (Fsp3) is 0.500. The van der Waals surface area contributed by atoms with Crippen LogP contribution in [-0.2, 0) is 24.6 Å². The average molecular weight is 364 g/mol. The van der Waals surface area contributed by atoms with Gasteiger partial charge in [0.2, 0.25) is 5.91 Å². The standard InChI is InChI=1S/C14H17ClF3N5O/c1-7-10(6-20-22(7)4)5-19-13(24)9(3)23-8(2)11(15)12(21-23)14(16,17)18/h6,9H,5H2,1-4H3,(H,19,24). The Hall–Kier alpha value is -2.03. The summed E-state index contributed by atoms with van der Waals surface area (Å²) in [6.45, 7) is 4.93. The molecule has 0 aliphatic heterocycles. The summed E-state index contributed by atoms with van der Waals surface area (Å²) in [5.74, 6) is -0.464. The number of alkyl halides is 3. The van der Waals surface area contributed by atoms with Crippen LogP contribution in [0.2, 0.25) is 5.02 Å². The first-order chi connectivity index (χ1) is 11.0. The summed E-state index contributed by atoms with van der Waals surface area (Å²) in [5, 5.41) is 9.69. The molecular weight excluding hydrogens is 347 g/mol. The smallest absolute Gasteiger partial charge is 0.350 e. The van der Waals surface area contributed by atoms with Crippen molar-refractivity contribution in [2.24, 2.45) is 7.05 Å². The molecule has 132 valence electrons. The van der Waals surface area contributed by atoms with Gasteiger partial charge in [-0.2, -0.15) is 23.4 Å². The van der Waals surface area contributed by atoms with E-state index in [9.17, 15) is 18.0 Å². The maximum atomic E-state index is 12.9. The third kappa shape index (κ3) is 3.40. The molecule has 6 nitrogen and oxygen atoms in total. The van der Waals surface area contributed by atoms with Gasteiger partial charge in [-0.25, -0.2) is 0 Å². The summed E-state index contributed by atoms with van der Waals surface area (Å²) in [4.78, 5) is 12.2. The highest BCUT2D eigenvalue weighted by atomic mass is 35.5. The van der Waals surface area contributed by atoms with E-state index in [4.69, 9.17) is 11.6 Å². The Kier molecular flexibility index (Phi) is 4.93. The van der Waals surface area contributed by atoms with Gasteiger partial charge in [0.05, 0.1) is 16.9 Å². The monoisotopic (exact) mass is 363 g/mol. The highest BCUT2D eigenvalue weighted by molar-refractivity contribution is 6.32. The van der Waals surface area contributed by atoms with Gasteiger partial charge in [-0.15, -0.1) is 0 Å². The number of hydrogen-bond acceptors (Lipinski definition) is 3. The Morgan fingerprint density at radius 1 is 1.38 bits per heavy atom. The second-order valence-electron chi connectivity index (χ2n) is 5.46. The van der Waals surface area contributed by atoms with Crippen LogP contribution in [0.15, 0.2) is 6.20 Å². The van der Waals surface area contributed by atoms with Gasteiger partial charge < -0.3 is 5.32 Å². The molecule has 0 saturated heterocycles. The Morgan fingerprint density at radius 2 is 2.00 bits per heavy atom. The Balaban J connectivity index is 2.15. The number of aryl methyl sites for hydroxylation is 1. The Morgan fingerprint density at radius 3 is 2.46 bits per heavy atom. The van der Waals surface area contributed by atoms with Gasteiger partial charge >= 0.3 is 6.18 Å². The molecule has 1 unspecified atom stereocenters. The molecule has 0 spiro atoms. The zero-order valence-electron chi connectivity index (χ0n) is 13.6. The van der Waals surface area contributed by atoms with Gasteiger partial charge in [0.25, 0.3) is 0 Å². The first-order valence-corrected chi connectivity index (χ1v) is 7.48. The van der Waals surface area contributed by atoms with Gasteiger partial charge in [-0.3, -0.25) is 14.2 Å². The summed E-state index contributed by atoms with van der Waals surface area (Å²) >= 11 is 5.70. The van der Waals surface area contributed by atoms with Crippen LogP contribution in [0.4, 0.5) is 13.2 Å². The zero-order valence-corrected chi connectivity index (χ0v) is 14.3. The van der Waals surface area contributed by atoms with Crippen LogP contribution in [0.1, 0.15) is 35.6 Å². The van der Waals surface area contributed by atoms with Crippen LogP contribution in [0.25, 0.3) is 0 Å². The van der Waals surface area contributed by atoms with Crippen molar-refractivity contribution in [3.8, 4) is 0 Å². The van der Waals surface area contributed by atoms with Crippen molar-refractivity contribution in [1.82, 2.24) is 24.9 Å². The molecule has 0 bridgehead atoms. The predicted molar refractivity (Wildman–Crippen MR) is 81.5 cm³/mol. The highest BCUT2D eigenvalue weighted by Gasteiger charge is 2.39. The number of nitrogens with one attached hydrogen (secondary N) is 1. The van der Waals surface area contributed by atoms with Crippen molar-refractivity contribution < 1.29 is 18.0 Å². The second kappa shape index (κ2) is 6.46. The first-order valence-electron chi connectivity index (χ1n) is 7.11. The lowest BCUT2D eigenvalue weighted by Gasteiger charge is -2.14. The summed E-state index contributed by atoms with van der Waals surface area (Å²) in [6, 6.07) is -0.935. The molecule has 2 aromatic heterocycles. The van der Waals surface area contributed by atoms with Crippen molar-refractivity contribution in [1.29, 1.82) is 0 Å². The summed E-state index contributed by atoms with van der Waals surface area (Å²) in [7, 11) is 1.77. The van der Waals surface area contributed by atoms with E-state index in [1.807, 2.05) is 6.92 Å². The molecule has 0 aromatic carbocycles. The minimum atomic E-state index is -4.67. The zero-order chi connectivity index (χ0) is 18.2. The van der Waals surface area contributed by atoms with E-state index in [-0.39, 0.29) is 12.2 Å². The SMILES string of the molecule is Cc1c(CNC(=O)C(C)n2nc(C(F)(F)F)c(Cl)c2C)cnn1C. The number of rotatable bonds is 4. The van der Waals surface area contributed by atoms with E-state index in [1.54, 1.807) is 17.9 Å². The van der Waals surface area contributed by atoms with E-state index in [2.05, 4.69) is 15.5 Å². The number of amides is 1. The van der Waals surface area contributed by atoms with Crippen molar-refractivity contribution in [3.05, 3.63) is 33.9 Å². The van der Waals surface area contributed by atoms with Crippen molar-refractivity contribution in [2.45, 2.75) is 39.5 Å². The molecule has 0 aliphatic rings. The lowest BCUT2D eigenvalue weighted by atomic mass is 10.2. The van der Waals surface area contributed by atoms with Crippen LogP contribution >= 0.6 is 11.6 Å². The molecular formula is C14H17ClF3N5O. The largest absolute Gasteiger partial charge is 0.436 e. The van der Waals surface area contributed by atoms with E-state index < -0.39 is 28.8 Å². The molecule has 10 heteroatoms. The van der Waals surface area contributed by atoms with Gasteiger partial charge in [0, 0.05) is 24.8 Å². The van der Waals surface area contributed by atoms with Crippen molar-refractivity contribution in [3.63, 3.8) is 0 Å². The van der Waals surface area contributed by atoms with Crippen LogP contribution in [0, 0.1) is 13.8 Å². The summed E-state index contributed by atoms with van der Waals surface area (Å²) < 4.78 is 41.2. The fourth-order valence-electron chi connectivity index (χ4n) is 2.22. The molecule has 2 rings (SSSR count). The predicted octanol–water partition coefficient (Wildman–Crippen LogP) is 2.78.